The summed E-state index contributed by atoms with van der Waals surface area (Å²) in [6.45, 7) is 2.52. The zero-order valence-electron chi connectivity index (χ0n) is 10.5. The lowest BCUT2D eigenvalue weighted by Gasteiger charge is -2.03. The highest BCUT2D eigenvalue weighted by Gasteiger charge is 2.12. The maximum absolute atomic E-state index is 13.8. The Hall–Kier alpha value is -2.36. The van der Waals surface area contributed by atoms with Crippen LogP contribution in [0.25, 0.3) is 22.2 Å². The van der Waals surface area contributed by atoms with Crippen molar-refractivity contribution in [1.82, 2.24) is 10.2 Å². The van der Waals surface area contributed by atoms with E-state index in [0.717, 1.165) is 16.7 Å². The molecule has 0 saturated carbocycles. The number of hydrogen-bond acceptors (Lipinski definition) is 2. The van der Waals surface area contributed by atoms with Gasteiger partial charge in [-0.25, -0.2) is 4.39 Å². The largest absolute Gasteiger partial charge is 0.494 e. The van der Waals surface area contributed by atoms with Crippen molar-refractivity contribution in [3.8, 4) is 17.0 Å². The second kappa shape index (κ2) is 4.72. The number of halogens is 1. The summed E-state index contributed by atoms with van der Waals surface area (Å²) >= 11 is 0. The lowest BCUT2D eigenvalue weighted by Crippen LogP contribution is -1.90. The first-order chi connectivity index (χ1) is 9.29. The van der Waals surface area contributed by atoms with Gasteiger partial charge in [0.25, 0.3) is 0 Å². The van der Waals surface area contributed by atoms with Crippen LogP contribution >= 0.6 is 0 Å². The Morgan fingerprint density at radius 3 is 2.84 bits per heavy atom. The minimum absolute atomic E-state index is 0.280. The summed E-state index contributed by atoms with van der Waals surface area (Å²) in [5, 5.41) is 7.98. The normalized spacial score (nSPS) is 10.8. The van der Waals surface area contributed by atoms with E-state index in [0.29, 0.717) is 17.9 Å². The molecule has 1 N–H and O–H groups in total. The third kappa shape index (κ3) is 2.05. The van der Waals surface area contributed by atoms with Gasteiger partial charge in [0, 0.05) is 10.9 Å². The zero-order valence-corrected chi connectivity index (χ0v) is 10.5. The number of aromatic amines is 1. The molecule has 0 aliphatic carbocycles. The number of rotatable bonds is 3. The van der Waals surface area contributed by atoms with Crippen LogP contribution < -0.4 is 4.74 Å². The Bertz CT molecular complexity index is 721. The molecule has 3 rings (SSSR count). The molecule has 0 saturated heterocycles. The van der Waals surface area contributed by atoms with Crippen molar-refractivity contribution >= 4 is 10.9 Å². The van der Waals surface area contributed by atoms with Crippen molar-refractivity contribution < 1.29 is 9.13 Å². The minimum Gasteiger partial charge on any atom is -0.494 e. The number of aromatic nitrogens is 2. The summed E-state index contributed by atoms with van der Waals surface area (Å²) in [4.78, 5) is 0. The van der Waals surface area contributed by atoms with E-state index in [1.807, 2.05) is 25.1 Å². The SMILES string of the molecule is CCOc1ccc2[nH]nc(-c3ccccc3F)c2c1. The van der Waals surface area contributed by atoms with Crippen molar-refractivity contribution in [2.75, 3.05) is 6.61 Å². The van der Waals surface area contributed by atoms with E-state index in [9.17, 15) is 4.39 Å². The number of benzene rings is 2. The van der Waals surface area contributed by atoms with Crippen molar-refractivity contribution in [1.29, 1.82) is 0 Å². The lowest BCUT2D eigenvalue weighted by atomic mass is 10.1. The van der Waals surface area contributed by atoms with Crippen LogP contribution in [-0.4, -0.2) is 16.8 Å². The average molecular weight is 256 g/mol. The van der Waals surface area contributed by atoms with Gasteiger partial charge in [0.2, 0.25) is 0 Å². The molecule has 1 heterocycles. The van der Waals surface area contributed by atoms with Gasteiger partial charge in [-0.2, -0.15) is 5.10 Å². The second-order valence-electron chi connectivity index (χ2n) is 4.19. The fraction of sp³-hybridized carbons (Fsp3) is 0.133. The molecular weight excluding hydrogens is 243 g/mol. The van der Waals surface area contributed by atoms with Gasteiger partial charge in [0.15, 0.2) is 0 Å². The molecule has 0 unspecified atom stereocenters. The van der Waals surface area contributed by atoms with Crippen LogP contribution in [0.5, 0.6) is 5.75 Å². The van der Waals surface area contributed by atoms with Crippen LogP contribution in [0.15, 0.2) is 42.5 Å². The fourth-order valence-electron chi connectivity index (χ4n) is 2.11. The van der Waals surface area contributed by atoms with Gasteiger partial charge < -0.3 is 4.74 Å². The molecule has 19 heavy (non-hydrogen) atoms. The van der Waals surface area contributed by atoms with Crippen molar-refractivity contribution in [3.63, 3.8) is 0 Å². The minimum atomic E-state index is -0.280. The van der Waals surface area contributed by atoms with E-state index in [4.69, 9.17) is 4.74 Å². The molecule has 0 atom stereocenters. The second-order valence-corrected chi connectivity index (χ2v) is 4.19. The number of nitrogens with zero attached hydrogens (tertiary/aromatic N) is 1. The van der Waals surface area contributed by atoms with E-state index in [2.05, 4.69) is 10.2 Å². The first-order valence-electron chi connectivity index (χ1n) is 6.15. The van der Waals surface area contributed by atoms with Crippen LogP contribution in [-0.2, 0) is 0 Å². The quantitative estimate of drug-likeness (QED) is 0.774. The fourth-order valence-corrected chi connectivity index (χ4v) is 2.11. The first-order valence-corrected chi connectivity index (χ1v) is 6.15. The molecule has 3 aromatic rings. The van der Waals surface area contributed by atoms with Crippen LogP contribution in [0.3, 0.4) is 0 Å². The molecule has 96 valence electrons. The Morgan fingerprint density at radius 1 is 1.21 bits per heavy atom. The van der Waals surface area contributed by atoms with Crippen molar-refractivity contribution in [2.24, 2.45) is 0 Å². The summed E-state index contributed by atoms with van der Waals surface area (Å²) < 4.78 is 19.3. The Kier molecular flexibility index (Phi) is 2.91. The Balaban J connectivity index is 2.19. The van der Waals surface area contributed by atoms with Gasteiger partial charge in [-0.1, -0.05) is 12.1 Å². The first kappa shape index (κ1) is 11.7. The van der Waals surface area contributed by atoms with Gasteiger partial charge in [-0.05, 0) is 37.3 Å². The topological polar surface area (TPSA) is 37.9 Å². The highest BCUT2D eigenvalue weighted by molar-refractivity contribution is 5.93. The van der Waals surface area contributed by atoms with Crippen LogP contribution in [0.4, 0.5) is 4.39 Å². The predicted molar refractivity (Wildman–Crippen MR) is 72.7 cm³/mol. The number of ether oxygens (including phenoxy) is 1. The molecule has 4 heteroatoms. The molecule has 3 nitrogen and oxygen atoms in total. The third-order valence-electron chi connectivity index (χ3n) is 2.97. The Labute approximate surface area is 110 Å². The van der Waals surface area contributed by atoms with Gasteiger partial charge >= 0.3 is 0 Å². The van der Waals surface area contributed by atoms with Crippen molar-refractivity contribution in [3.05, 3.63) is 48.3 Å². The van der Waals surface area contributed by atoms with E-state index in [1.165, 1.54) is 6.07 Å². The maximum atomic E-state index is 13.8. The number of fused-ring (bicyclic) bond motifs is 1. The predicted octanol–water partition coefficient (Wildman–Crippen LogP) is 3.77. The molecule has 2 aromatic carbocycles. The van der Waals surface area contributed by atoms with E-state index >= 15 is 0 Å². The van der Waals surface area contributed by atoms with Gasteiger partial charge in [-0.3, -0.25) is 5.10 Å². The Morgan fingerprint density at radius 2 is 2.05 bits per heavy atom. The van der Waals surface area contributed by atoms with Crippen LogP contribution in [0, 0.1) is 5.82 Å². The molecule has 0 amide bonds. The summed E-state index contributed by atoms with van der Waals surface area (Å²) in [7, 11) is 0. The third-order valence-corrected chi connectivity index (χ3v) is 2.97. The molecule has 0 bridgehead atoms. The summed E-state index contributed by atoms with van der Waals surface area (Å²) in [6.07, 6.45) is 0. The van der Waals surface area contributed by atoms with Gasteiger partial charge in [-0.15, -0.1) is 0 Å². The molecular formula is C15H13FN2O. The molecule has 0 radical (unpaired) electrons. The highest BCUT2D eigenvalue weighted by Crippen LogP contribution is 2.30. The average Bonchev–Trinajstić information content (AvgIpc) is 2.83. The van der Waals surface area contributed by atoms with E-state index in [-0.39, 0.29) is 5.82 Å². The number of nitrogens with one attached hydrogen (secondary N) is 1. The van der Waals surface area contributed by atoms with E-state index in [1.54, 1.807) is 18.2 Å². The molecule has 1 aromatic heterocycles. The molecule has 0 aliphatic rings. The van der Waals surface area contributed by atoms with Crippen LogP contribution in [0.1, 0.15) is 6.92 Å². The van der Waals surface area contributed by atoms with Crippen molar-refractivity contribution in [2.45, 2.75) is 6.92 Å². The number of H-pyrrole nitrogens is 1. The lowest BCUT2D eigenvalue weighted by molar-refractivity contribution is 0.341. The highest BCUT2D eigenvalue weighted by atomic mass is 19.1. The molecule has 0 spiro atoms. The van der Waals surface area contributed by atoms with E-state index < -0.39 is 0 Å². The van der Waals surface area contributed by atoms with Crippen LogP contribution in [0.2, 0.25) is 0 Å². The monoisotopic (exact) mass is 256 g/mol. The molecule has 0 aliphatic heterocycles. The zero-order chi connectivity index (χ0) is 13.2. The molecule has 0 fully saturated rings. The summed E-state index contributed by atoms with van der Waals surface area (Å²) in [5.41, 5.74) is 1.96. The standard InChI is InChI=1S/C15H13FN2O/c1-2-19-10-7-8-14-12(9-10)15(18-17-14)11-5-3-4-6-13(11)16/h3-9H,2H2,1H3,(H,17,18). The van der Waals surface area contributed by atoms with Gasteiger partial charge in [0.05, 0.1) is 12.1 Å². The smallest absolute Gasteiger partial charge is 0.132 e. The summed E-state index contributed by atoms with van der Waals surface area (Å²) in [6, 6.07) is 12.3. The summed E-state index contributed by atoms with van der Waals surface area (Å²) in [5.74, 6) is 0.478. The van der Waals surface area contributed by atoms with Gasteiger partial charge in [0.1, 0.15) is 17.3 Å². The number of hydrogen-bond donors (Lipinski definition) is 1. The maximum Gasteiger partial charge on any atom is 0.132 e.